The van der Waals surface area contributed by atoms with Gasteiger partial charge in [0.1, 0.15) is 10.4 Å². The van der Waals surface area contributed by atoms with Crippen LogP contribution in [0.15, 0.2) is 10.2 Å². The van der Waals surface area contributed by atoms with E-state index in [2.05, 4.69) is 15.2 Å². The zero-order valence-electron chi connectivity index (χ0n) is 17.9. The number of azo groups is 1. The van der Waals surface area contributed by atoms with Gasteiger partial charge in [0.25, 0.3) is 0 Å². The van der Waals surface area contributed by atoms with Gasteiger partial charge in [-0.15, -0.1) is 21.6 Å². The lowest BCUT2D eigenvalue weighted by atomic mass is 10.1. The molecule has 0 unspecified atom stereocenters. The molecule has 0 fully saturated rings. The smallest absolute Gasteiger partial charge is 0.348 e. The molecule has 0 aromatic carbocycles. The second kappa shape index (κ2) is 10.1. The van der Waals surface area contributed by atoms with Gasteiger partial charge in [-0.3, -0.25) is 0 Å². The molecule has 2 aromatic heterocycles. The van der Waals surface area contributed by atoms with Crippen molar-refractivity contribution in [1.82, 2.24) is 4.98 Å². The Morgan fingerprint density at radius 3 is 1.90 bits per heavy atom. The summed E-state index contributed by atoms with van der Waals surface area (Å²) in [6, 6.07) is 0. The van der Waals surface area contributed by atoms with Crippen LogP contribution in [-0.4, -0.2) is 42.7 Å². The molecule has 2 heterocycles. The number of nitrogens with one attached hydrogen (secondary N) is 1. The Balaban J connectivity index is 2.49. The van der Waals surface area contributed by atoms with Crippen LogP contribution in [0.3, 0.4) is 0 Å². The normalized spacial score (nSPS) is 11.0. The maximum absolute atomic E-state index is 12.4. The van der Waals surface area contributed by atoms with Gasteiger partial charge in [0.2, 0.25) is 0 Å². The summed E-state index contributed by atoms with van der Waals surface area (Å²) in [7, 11) is 0. The van der Waals surface area contributed by atoms with Gasteiger partial charge in [-0.25, -0.2) is 14.4 Å². The first-order valence-corrected chi connectivity index (χ1v) is 10.3. The molecular weight excluding hydrogens is 410 g/mol. The van der Waals surface area contributed by atoms with Gasteiger partial charge >= 0.3 is 17.9 Å². The van der Waals surface area contributed by atoms with E-state index in [0.29, 0.717) is 28.2 Å². The number of aromatic amines is 1. The van der Waals surface area contributed by atoms with E-state index >= 15 is 0 Å². The summed E-state index contributed by atoms with van der Waals surface area (Å²) in [5, 5.41) is 8.57. The van der Waals surface area contributed by atoms with Crippen LogP contribution in [0.5, 0.6) is 0 Å². The fourth-order valence-electron chi connectivity index (χ4n) is 2.84. The minimum atomic E-state index is -0.595. The predicted octanol–water partition coefficient (Wildman–Crippen LogP) is 4.95. The number of carbonyl (C=O) groups is 3. The molecule has 0 saturated heterocycles. The highest BCUT2D eigenvalue weighted by Crippen LogP contribution is 2.38. The summed E-state index contributed by atoms with van der Waals surface area (Å²) in [5.74, 6) is -1.23. The van der Waals surface area contributed by atoms with E-state index in [1.54, 1.807) is 41.5 Å². The largest absolute Gasteiger partial charge is 0.462 e. The summed E-state index contributed by atoms with van der Waals surface area (Å²) in [5.41, 5.74) is 2.16. The van der Waals surface area contributed by atoms with Crippen LogP contribution in [0, 0.1) is 20.8 Å². The Morgan fingerprint density at radius 2 is 1.33 bits per heavy atom. The van der Waals surface area contributed by atoms with Gasteiger partial charge < -0.3 is 19.2 Å². The van der Waals surface area contributed by atoms with Crippen LogP contribution < -0.4 is 0 Å². The second-order valence-corrected chi connectivity index (χ2v) is 7.20. The second-order valence-electron chi connectivity index (χ2n) is 6.20. The van der Waals surface area contributed by atoms with Gasteiger partial charge in [-0.2, -0.15) is 0 Å². The first-order chi connectivity index (χ1) is 14.3. The SMILES string of the molecule is CCOC(=O)c1sc(/N=N/c2[nH]c(C)c(C(=O)OCC)c2C)c(C(=O)OCC)c1C. The number of rotatable bonds is 8. The van der Waals surface area contributed by atoms with Crippen molar-refractivity contribution >= 4 is 40.1 Å². The maximum Gasteiger partial charge on any atom is 0.348 e. The maximum atomic E-state index is 12.4. The lowest BCUT2D eigenvalue weighted by Gasteiger charge is -2.03. The highest BCUT2D eigenvalue weighted by molar-refractivity contribution is 7.18. The monoisotopic (exact) mass is 435 g/mol. The molecule has 0 atom stereocenters. The molecule has 9 nitrogen and oxygen atoms in total. The average Bonchev–Trinajstić information content (AvgIpc) is 3.16. The minimum absolute atomic E-state index is 0.167. The minimum Gasteiger partial charge on any atom is -0.462 e. The summed E-state index contributed by atoms with van der Waals surface area (Å²) in [6.45, 7) is 10.9. The Hall–Kier alpha value is -3.01. The number of aryl methyl sites for hydroxylation is 1. The van der Waals surface area contributed by atoms with E-state index in [-0.39, 0.29) is 35.3 Å². The molecule has 0 aliphatic heterocycles. The van der Waals surface area contributed by atoms with Crippen LogP contribution in [-0.2, 0) is 14.2 Å². The predicted molar refractivity (Wildman–Crippen MR) is 111 cm³/mol. The number of nitrogens with zero attached hydrogens (tertiary/aromatic N) is 2. The summed E-state index contributed by atoms with van der Waals surface area (Å²) < 4.78 is 15.2. The quantitative estimate of drug-likeness (QED) is 0.356. The third-order valence-electron chi connectivity index (χ3n) is 4.20. The van der Waals surface area contributed by atoms with Gasteiger partial charge in [-0.05, 0) is 47.1 Å². The molecule has 0 spiro atoms. The summed E-state index contributed by atoms with van der Waals surface area (Å²) >= 11 is 0.998. The van der Waals surface area contributed by atoms with E-state index in [9.17, 15) is 14.4 Å². The third-order valence-corrected chi connectivity index (χ3v) is 5.36. The van der Waals surface area contributed by atoms with Gasteiger partial charge in [-0.1, -0.05) is 0 Å². The fraction of sp³-hybridized carbons (Fsp3) is 0.450. The number of H-pyrrole nitrogens is 1. The number of carbonyl (C=O) groups excluding carboxylic acids is 3. The number of hydrogen-bond donors (Lipinski definition) is 1. The van der Waals surface area contributed by atoms with Crippen molar-refractivity contribution in [3.63, 3.8) is 0 Å². The van der Waals surface area contributed by atoms with Gasteiger partial charge in [0.05, 0.1) is 25.4 Å². The van der Waals surface area contributed by atoms with Crippen LogP contribution in [0.25, 0.3) is 0 Å². The number of hydrogen-bond acceptors (Lipinski definition) is 9. The molecule has 162 valence electrons. The fourth-order valence-corrected chi connectivity index (χ4v) is 3.85. The van der Waals surface area contributed by atoms with Crippen molar-refractivity contribution in [2.45, 2.75) is 41.5 Å². The van der Waals surface area contributed by atoms with E-state index < -0.39 is 17.9 Å². The Kier molecular flexibility index (Phi) is 7.87. The molecule has 2 rings (SSSR count). The molecule has 30 heavy (non-hydrogen) atoms. The van der Waals surface area contributed by atoms with Crippen molar-refractivity contribution in [2.24, 2.45) is 10.2 Å². The lowest BCUT2D eigenvalue weighted by molar-refractivity contribution is 0.0513. The average molecular weight is 436 g/mol. The Morgan fingerprint density at radius 1 is 0.800 bits per heavy atom. The molecule has 0 amide bonds. The highest BCUT2D eigenvalue weighted by atomic mass is 32.1. The number of ether oxygens (including phenoxy) is 3. The van der Waals surface area contributed by atoms with Crippen molar-refractivity contribution in [2.75, 3.05) is 19.8 Å². The van der Waals surface area contributed by atoms with E-state index in [0.717, 1.165) is 11.3 Å². The number of esters is 3. The van der Waals surface area contributed by atoms with Crippen molar-refractivity contribution in [3.8, 4) is 0 Å². The highest BCUT2D eigenvalue weighted by Gasteiger charge is 2.27. The van der Waals surface area contributed by atoms with E-state index in [1.807, 2.05) is 0 Å². The van der Waals surface area contributed by atoms with Crippen LogP contribution in [0.2, 0.25) is 0 Å². The van der Waals surface area contributed by atoms with Crippen LogP contribution in [0.4, 0.5) is 10.8 Å². The molecule has 2 aromatic rings. The molecule has 0 saturated carbocycles. The van der Waals surface area contributed by atoms with Gasteiger partial charge in [0.15, 0.2) is 10.8 Å². The third kappa shape index (κ3) is 4.76. The molecule has 0 radical (unpaired) electrons. The zero-order chi connectivity index (χ0) is 22.4. The Labute approximate surface area is 178 Å². The molecular formula is C20H25N3O6S. The molecule has 10 heteroatoms. The topological polar surface area (TPSA) is 119 Å². The molecule has 1 N–H and O–H groups in total. The lowest BCUT2D eigenvalue weighted by Crippen LogP contribution is -2.08. The van der Waals surface area contributed by atoms with E-state index in [4.69, 9.17) is 14.2 Å². The zero-order valence-corrected chi connectivity index (χ0v) is 18.7. The number of thiophene rings is 1. The molecule has 0 aliphatic rings. The first kappa shape index (κ1) is 23.3. The summed E-state index contributed by atoms with van der Waals surface area (Å²) in [4.78, 5) is 40.1. The molecule has 0 aliphatic carbocycles. The number of aromatic nitrogens is 1. The van der Waals surface area contributed by atoms with Crippen molar-refractivity contribution in [3.05, 3.63) is 32.8 Å². The van der Waals surface area contributed by atoms with Gasteiger partial charge in [0, 0.05) is 11.3 Å². The Bertz CT molecular complexity index is 989. The van der Waals surface area contributed by atoms with Crippen molar-refractivity contribution < 1.29 is 28.6 Å². The van der Waals surface area contributed by atoms with Crippen molar-refractivity contribution in [1.29, 1.82) is 0 Å². The van der Waals surface area contributed by atoms with E-state index in [1.165, 1.54) is 0 Å². The van der Waals surface area contributed by atoms with Crippen LogP contribution >= 0.6 is 11.3 Å². The summed E-state index contributed by atoms with van der Waals surface area (Å²) in [6.07, 6.45) is 0. The standard InChI is InChI=1S/C20H25N3O6S/c1-7-27-18(24)13-11(5)16(21-12(13)6)22-23-17-14(19(25)28-8-2)10(4)15(30-17)20(26)29-9-3/h21H,7-9H2,1-6H3/b23-22+. The first-order valence-electron chi connectivity index (χ1n) is 9.52. The van der Waals surface area contributed by atoms with Crippen LogP contribution in [0.1, 0.15) is 68.0 Å². The molecule has 0 bridgehead atoms.